The number of nitrogen functional groups attached to an aromatic ring is 1. The molecule has 0 radical (unpaired) electrons. The number of hydrogen-bond acceptors (Lipinski definition) is 5. The molecule has 4 N–H and O–H groups in total. The Morgan fingerprint density at radius 1 is 1.32 bits per heavy atom. The third-order valence-corrected chi connectivity index (χ3v) is 3.44. The lowest BCUT2D eigenvalue weighted by Gasteiger charge is -2.02. The van der Waals surface area contributed by atoms with Gasteiger partial charge in [-0.3, -0.25) is 4.79 Å². The van der Waals surface area contributed by atoms with E-state index in [2.05, 4.69) is 27.2 Å². The first-order valence-corrected chi connectivity index (χ1v) is 7.75. The second-order valence-electron chi connectivity index (χ2n) is 5.22. The van der Waals surface area contributed by atoms with Gasteiger partial charge in [0.25, 0.3) is 5.91 Å². The van der Waals surface area contributed by atoms with Crippen molar-refractivity contribution in [1.29, 1.82) is 0 Å². The number of carbonyl (C=O) groups excluding carboxylic acids is 1. The molecule has 120 valence electrons. The van der Waals surface area contributed by atoms with Crippen molar-refractivity contribution in [2.24, 2.45) is 0 Å². The van der Waals surface area contributed by atoms with Crippen LogP contribution in [-0.4, -0.2) is 27.4 Å². The van der Waals surface area contributed by atoms with Crippen LogP contribution < -0.4 is 11.1 Å². The Hall–Kier alpha value is -2.31. The summed E-state index contributed by atoms with van der Waals surface area (Å²) < 4.78 is 5.26. The number of hydrogen-bond donors (Lipinski definition) is 3. The summed E-state index contributed by atoms with van der Waals surface area (Å²) in [6, 6.07) is 0. The fraction of sp³-hybridized carbons (Fsp3) is 0.533. The Kier molecular flexibility index (Phi) is 6.00. The smallest absolute Gasteiger partial charge is 0.273 e. The molecule has 7 nitrogen and oxygen atoms in total. The van der Waals surface area contributed by atoms with E-state index in [1.54, 1.807) is 0 Å². The van der Waals surface area contributed by atoms with Crippen molar-refractivity contribution in [2.75, 3.05) is 12.3 Å². The summed E-state index contributed by atoms with van der Waals surface area (Å²) in [6.07, 6.45) is 9.90. The second-order valence-corrected chi connectivity index (χ2v) is 5.22. The van der Waals surface area contributed by atoms with Crippen LogP contribution in [0.3, 0.4) is 0 Å². The lowest BCUT2D eigenvalue weighted by Crippen LogP contribution is -2.24. The van der Waals surface area contributed by atoms with Gasteiger partial charge in [0.05, 0.1) is 6.33 Å². The Balaban J connectivity index is 1.74. The number of nitrogens with two attached hydrogens (primary N) is 1. The van der Waals surface area contributed by atoms with Crippen LogP contribution in [0.25, 0.3) is 11.6 Å². The number of unbranched alkanes of at least 4 members (excludes halogenated alkanes) is 5. The molecule has 2 heterocycles. The zero-order valence-electron chi connectivity index (χ0n) is 12.9. The predicted molar refractivity (Wildman–Crippen MR) is 84.2 cm³/mol. The van der Waals surface area contributed by atoms with E-state index in [1.165, 1.54) is 38.3 Å². The zero-order valence-corrected chi connectivity index (χ0v) is 12.9. The van der Waals surface area contributed by atoms with E-state index in [-0.39, 0.29) is 17.5 Å². The Morgan fingerprint density at radius 3 is 2.82 bits per heavy atom. The quantitative estimate of drug-likeness (QED) is 0.617. The molecule has 1 amide bonds. The average Bonchev–Trinajstić information content (AvgIpc) is 3.14. The molecule has 0 aliphatic carbocycles. The van der Waals surface area contributed by atoms with E-state index in [0.29, 0.717) is 18.1 Å². The van der Waals surface area contributed by atoms with Crippen molar-refractivity contribution >= 4 is 11.7 Å². The van der Waals surface area contributed by atoms with Gasteiger partial charge in [0.1, 0.15) is 12.0 Å². The average molecular weight is 305 g/mol. The second kappa shape index (κ2) is 8.21. The van der Waals surface area contributed by atoms with Crippen LogP contribution >= 0.6 is 0 Å². The monoisotopic (exact) mass is 305 g/mol. The summed E-state index contributed by atoms with van der Waals surface area (Å²) >= 11 is 0. The van der Waals surface area contributed by atoms with Crippen LogP contribution in [0.15, 0.2) is 17.0 Å². The molecule has 0 spiro atoms. The number of rotatable bonds is 9. The number of aromatic nitrogens is 3. The lowest BCUT2D eigenvalue weighted by molar-refractivity contribution is 0.0948. The summed E-state index contributed by atoms with van der Waals surface area (Å²) in [5.41, 5.74) is 6.39. The summed E-state index contributed by atoms with van der Waals surface area (Å²) in [5.74, 6) is 0.322. The standard InChI is InChI=1S/C15H23N5O2/c1-2-3-4-5-6-7-8-17-14(21)11-9-22-15(20-11)12-13(16)19-10-18-12/h9-10H,2-8,16H2,1H3,(H,17,21)(H,18,19). The molecular weight excluding hydrogens is 282 g/mol. The van der Waals surface area contributed by atoms with E-state index >= 15 is 0 Å². The van der Waals surface area contributed by atoms with Gasteiger partial charge in [-0.15, -0.1) is 0 Å². The van der Waals surface area contributed by atoms with Crippen molar-refractivity contribution in [3.8, 4) is 11.6 Å². The van der Waals surface area contributed by atoms with Gasteiger partial charge < -0.3 is 20.5 Å². The normalized spacial score (nSPS) is 10.8. The number of carbonyl (C=O) groups is 1. The van der Waals surface area contributed by atoms with E-state index in [4.69, 9.17) is 10.2 Å². The van der Waals surface area contributed by atoms with Crippen LogP contribution in [0, 0.1) is 0 Å². The van der Waals surface area contributed by atoms with Crippen molar-refractivity contribution in [3.05, 3.63) is 18.3 Å². The maximum Gasteiger partial charge on any atom is 0.273 e. The van der Waals surface area contributed by atoms with Gasteiger partial charge in [0.15, 0.2) is 11.5 Å². The first-order valence-electron chi connectivity index (χ1n) is 7.75. The first kappa shape index (κ1) is 16.1. The molecule has 0 aliphatic heterocycles. The molecule has 7 heteroatoms. The Morgan fingerprint density at radius 2 is 2.09 bits per heavy atom. The van der Waals surface area contributed by atoms with Crippen LogP contribution in [0.1, 0.15) is 55.9 Å². The summed E-state index contributed by atoms with van der Waals surface area (Å²) in [7, 11) is 0. The van der Waals surface area contributed by atoms with Crippen LogP contribution in [-0.2, 0) is 0 Å². The highest BCUT2D eigenvalue weighted by Crippen LogP contribution is 2.20. The van der Waals surface area contributed by atoms with E-state index in [9.17, 15) is 4.79 Å². The molecule has 0 aliphatic rings. The number of H-pyrrole nitrogens is 1. The molecule has 0 unspecified atom stereocenters. The predicted octanol–water partition coefficient (Wildman–Crippen LogP) is 2.74. The Labute approximate surface area is 129 Å². The summed E-state index contributed by atoms with van der Waals surface area (Å²) in [5, 5.41) is 2.84. The zero-order chi connectivity index (χ0) is 15.8. The number of nitrogens with zero attached hydrogens (tertiary/aromatic N) is 2. The molecular formula is C15H23N5O2. The molecule has 2 aromatic heterocycles. The number of nitrogens with one attached hydrogen (secondary N) is 2. The molecule has 0 fully saturated rings. The highest BCUT2D eigenvalue weighted by atomic mass is 16.3. The van der Waals surface area contributed by atoms with Crippen molar-refractivity contribution in [1.82, 2.24) is 20.3 Å². The van der Waals surface area contributed by atoms with Crippen molar-refractivity contribution < 1.29 is 9.21 Å². The topological polar surface area (TPSA) is 110 Å². The number of amides is 1. The van der Waals surface area contributed by atoms with E-state index in [1.807, 2.05) is 0 Å². The molecule has 0 bridgehead atoms. The van der Waals surface area contributed by atoms with E-state index < -0.39 is 0 Å². The minimum atomic E-state index is -0.235. The minimum absolute atomic E-state index is 0.235. The van der Waals surface area contributed by atoms with Crippen LogP contribution in [0.2, 0.25) is 0 Å². The molecule has 0 aromatic carbocycles. The van der Waals surface area contributed by atoms with Gasteiger partial charge in [0, 0.05) is 6.54 Å². The number of oxazole rings is 1. The maximum absolute atomic E-state index is 12.0. The van der Waals surface area contributed by atoms with Gasteiger partial charge in [0.2, 0.25) is 5.89 Å². The summed E-state index contributed by atoms with van der Waals surface area (Å²) in [4.78, 5) is 22.8. The highest BCUT2D eigenvalue weighted by Gasteiger charge is 2.15. The van der Waals surface area contributed by atoms with Gasteiger partial charge in [-0.25, -0.2) is 9.97 Å². The minimum Gasteiger partial charge on any atom is -0.442 e. The SMILES string of the molecule is CCCCCCCCNC(=O)c1coc(-c2[nH]cnc2N)n1. The number of aromatic amines is 1. The van der Waals surface area contributed by atoms with Crippen molar-refractivity contribution in [2.45, 2.75) is 45.4 Å². The molecule has 0 atom stereocenters. The highest BCUT2D eigenvalue weighted by molar-refractivity contribution is 5.92. The van der Waals surface area contributed by atoms with Crippen molar-refractivity contribution in [3.63, 3.8) is 0 Å². The first-order chi connectivity index (χ1) is 10.7. The number of imidazole rings is 1. The third kappa shape index (κ3) is 4.34. The molecule has 2 rings (SSSR count). The van der Waals surface area contributed by atoms with Gasteiger partial charge in [-0.1, -0.05) is 39.0 Å². The third-order valence-electron chi connectivity index (χ3n) is 3.44. The molecule has 2 aromatic rings. The van der Waals surface area contributed by atoms with E-state index in [0.717, 1.165) is 12.8 Å². The van der Waals surface area contributed by atoms with Gasteiger partial charge >= 0.3 is 0 Å². The maximum atomic E-state index is 12.0. The van der Waals surface area contributed by atoms with Gasteiger partial charge in [-0.2, -0.15) is 0 Å². The fourth-order valence-electron chi connectivity index (χ4n) is 2.17. The Bertz CT molecular complexity index is 590. The summed E-state index contributed by atoms with van der Waals surface area (Å²) in [6.45, 7) is 2.85. The molecule has 0 saturated heterocycles. The van der Waals surface area contributed by atoms with Crippen LogP contribution in [0.4, 0.5) is 5.82 Å². The lowest BCUT2D eigenvalue weighted by atomic mass is 10.1. The van der Waals surface area contributed by atoms with Gasteiger partial charge in [-0.05, 0) is 6.42 Å². The molecule has 0 saturated carbocycles. The van der Waals surface area contributed by atoms with Crippen LogP contribution in [0.5, 0.6) is 0 Å². The largest absolute Gasteiger partial charge is 0.442 e. The fourth-order valence-corrected chi connectivity index (χ4v) is 2.17. The molecule has 22 heavy (non-hydrogen) atoms. The number of anilines is 1.